The molecule has 142 valence electrons. The molecule has 1 N–H and O–H groups in total. The molecule has 1 atom stereocenters. The van der Waals surface area contributed by atoms with Gasteiger partial charge in [0.25, 0.3) is 0 Å². The van der Waals surface area contributed by atoms with Gasteiger partial charge in [0.1, 0.15) is 0 Å². The number of carbonyl (C=O) groups excluding carboxylic acids is 1. The van der Waals surface area contributed by atoms with Crippen molar-refractivity contribution in [1.82, 2.24) is 10.2 Å². The maximum atomic E-state index is 12.6. The molecule has 5 nitrogen and oxygen atoms in total. The number of para-hydroxylation sites is 1. The number of carbonyl (C=O) groups is 1. The summed E-state index contributed by atoms with van der Waals surface area (Å²) in [6.07, 6.45) is 1.86. The average Bonchev–Trinajstić information content (AvgIpc) is 2.75. The van der Waals surface area contributed by atoms with Crippen LogP contribution in [-0.4, -0.2) is 29.2 Å². The molecule has 0 aliphatic carbocycles. The first-order valence-electron chi connectivity index (χ1n) is 9.71. The number of hydrogen-bond donors (Lipinski definition) is 1. The Balaban J connectivity index is 1.42. The van der Waals surface area contributed by atoms with Crippen LogP contribution in [0.4, 0.5) is 11.5 Å². The summed E-state index contributed by atoms with van der Waals surface area (Å²) in [5, 5.41) is 11.8. The summed E-state index contributed by atoms with van der Waals surface area (Å²) in [6.45, 7) is 3.63. The third-order valence-corrected chi connectivity index (χ3v) is 5.16. The molecule has 0 radical (unpaired) electrons. The summed E-state index contributed by atoms with van der Waals surface area (Å²) in [5.41, 5.74) is 3.98. The number of hydrogen-bond acceptors (Lipinski definition) is 4. The molecule has 28 heavy (non-hydrogen) atoms. The molecule has 3 aromatic rings. The summed E-state index contributed by atoms with van der Waals surface area (Å²) in [7, 11) is 0. The van der Waals surface area contributed by atoms with Gasteiger partial charge in [0.05, 0.1) is 11.6 Å². The first kappa shape index (κ1) is 18.2. The van der Waals surface area contributed by atoms with Crippen molar-refractivity contribution in [1.29, 1.82) is 0 Å². The van der Waals surface area contributed by atoms with E-state index in [9.17, 15) is 4.79 Å². The van der Waals surface area contributed by atoms with Gasteiger partial charge in [-0.3, -0.25) is 4.79 Å². The maximum absolute atomic E-state index is 12.6. The Bertz CT molecular complexity index is 923. The van der Waals surface area contributed by atoms with Crippen molar-refractivity contribution in [2.24, 2.45) is 5.92 Å². The number of rotatable bonds is 4. The summed E-state index contributed by atoms with van der Waals surface area (Å²) in [6, 6.07) is 21.9. The number of aromatic nitrogens is 2. The van der Waals surface area contributed by atoms with E-state index < -0.39 is 0 Å². The zero-order valence-electron chi connectivity index (χ0n) is 16.0. The standard InChI is InChI=1S/C23H24N4O/c1-17-9-11-18(12-10-17)21-13-14-22(26-25-21)27-15-5-6-19(16-27)23(28)24-20-7-3-2-4-8-20/h2-4,7-14,19H,5-6,15-16H2,1H3,(H,24,28). The quantitative estimate of drug-likeness (QED) is 0.741. The molecule has 1 aliphatic rings. The Hall–Kier alpha value is -3.21. The molecule has 2 heterocycles. The van der Waals surface area contributed by atoms with Gasteiger partial charge in [-0.05, 0) is 44.0 Å². The predicted octanol–water partition coefficient (Wildman–Crippen LogP) is 4.31. The smallest absolute Gasteiger partial charge is 0.229 e. The largest absolute Gasteiger partial charge is 0.354 e. The topological polar surface area (TPSA) is 58.1 Å². The van der Waals surface area contributed by atoms with Gasteiger partial charge in [0.15, 0.2) is 5.82 Å². The Kier molecular flexibility index (Phi) is 5.33. The van der Waals surface area contributed by atoms with Gasteiger partial charge in [-0.25, -0.2) is 0 Å². The lowest BCUT2D eigenvalue weighted by Gasteiger charge is -2.32. The molecular weight excluding hydrogens is 348 g/mol. The van der Waals surface area contributed by atoms with Crippen molar-refractivity contribution in [3.63, 3.8) is 0 Å². The number of nitrogens with one attached hydrogen (secondary N) is 1. The number of aryl methyl sites for hydroxylation is 1. The van der Waals surface area contributed by atoms with E-state index in [1.165, 1.54) is 5.56 Å². The van der Waals surface area contributed by atoms with E-state index in [1.807, 2.05) is 42.5 Å². The highest BCUT2D eigenvalue weighted by atomic mass is 16.1. The Morgan fingerprint density at radius 3 is 2.50 bits per heavy atom. The number of nitrogens with zero attached hydrogens (tertiary/aromatic N) is 3. The van der Waals surface area contributed by atoms with E-state index in [1.54, 1.807) is 0 Å². The van der Waals surface area contributed by atoms with Crippen molar-refractivity contribution in [3.8, 4) is 11.3 Å². The van der Waals surface area contributed by atoms with E-state index in [2.05, 4.69) is 51.6 Å². The van der Waals surface area contributed by atoms with Crippen molar-refractivity contribution >= 4 is 17.4 Å². The van der Waals surface area contributed by atoms with Crippen LogP contribution < -0.4 is 10.2 Å². The highest BCUT2D eigenvalue weighted by molar-refractivity contribution is 5.93. The fourth-order valence-corrected chi connectivity index (χ4v) is 3.54. The molecule has 1 aromatic heterocycles. The fraction of sp³-hybridized carbons (Fsp3) is 0.261. The minimum Gasteiger partial charge on any atom is -0.354 e. The van der Waals surface area contributed by atoms with Crippen LogP contribution in [0.15, 0.2) is 66.7 Å². The zero-order valence-corrected chi connectivity index (χ0v) is 16.0. The van der Waals surface area contributed by atoms with Crippen molar-refractivity contribution in [2.75, 3.05) is 23.3 Å². The summed E-state index contributed by atoms with van der Waals surface area (Å²) >= 11 is 0. The number of benzene rings is 2. The summed E-state index contributed by atoms with van der Waals surface area (Å²) in [5.74, 6) is 0.848. The number of amides is 1. The van der Waals surface area contributed by atoms with Crippen LogP contribution in [0.1, 0.15) is 18.4 Å². The minimum absolute atomic E-state index is 0.0486. The fourth-order valence-electron chi connectivity index (χ4n) is 3.54. The molecule has 0 bridgehead atoms. The molecule has 0 saturated carbocycles. The molecule has 2 aromatic carbocycles. The molecule has 1 fully saturated rings. The Labute approximate surface area is 165 Å². The molecule has 1 amide bonds. The van der Waals surface area contributed by atoms with Crippen LogP contribution >= 0.6 is 0 Å². The molecule has 4 rings (SSSR count). The highest BCUT2D eigenvalue weighted by Gasteiger charge is 2.26. The molecule has 1 unspecified atom stereocenters. The second kappa shape index (κ2) is 8.21. The van der Waals surface area contributed by atoms with E-state index in [0.29, 0.717) is 6.54 Å². The lowest BCUT2D eigenvalue weighted by Crippen LogP contribution is -2.41. The maximum Gasteiger partial charge on any atom is 0.229 e. The monoisotopic (exact) mass is 372 g/mol. The van der Waals surface area contributed by atoms with Crippen molar-refractivity contribution < 1.29 is 4.79 Å². The average molecular weight is 372 g/mol. The zero-order chi connectivity index (χ0) is 19.3. The van der Waals surface area contributed by atoms with Gasteiger partial charge < -0.3 is 10.2 Å². The van der Waals surface area contributed by atoms with Gasteiger partial charge in [-0.15, -0.1) is 10.2 Å². The third kappa shape index (κ3) is 4.19. The highest BCUT2D eigenvalue weighted by Crippen LogP contribution is 2.24. The van der Waals surface area contributed by atoms with Crippen LogP contribution in [0.2, 0.25) is 0 Å². The SMILES string of the molecule is Cc1ccc(-c2ccc(N3CCCC(C(=O)Nc4ccccc4)C3)nn2)cc1. The van der Waals surface area contributed by atoms with Crippen LogP contribution in [-0.2, 0) is 4.79 Å². The summed E-state index contributed by atoms with van der Waals surface area (Å²) in [4.78, 5) is 14.8. The molecule has 1 saturated heterocycles. The van der Waals surface area contributed by atoms with Crippen LogP contribution in [0.5, 0.6) is 0 Å². The van der Waals surface area contributed by atoms with Gasteiger partial charge in [-0.1, -0.05) is 48.0 Å². The Morgan fingerprint density at radius 1 is 1.00 bits per heavy atom. The van der Waals surface area contributed by atoms with E-state index in [0.717, 1.165) is 42.1 Å². The van der Waals surface area contributed by atoms with Crippen molar-refractivity contribution in [3.05, 3.63) is 72.3 Å². The van der Waals surface area contributed by atoms with Crippen LogP contribution in [0.3, 0.4) is 0 Å². The van der Waals surface area contributed by atoms with Crippen LogP contribution in [0.25, 0.3) is 11.3 Å². The van der Waals surface area contributed by atoms with E-state index >= 15 is 0 Å². The van der Waals surface area contributed by atoms with Gasteiger partial charge in [0.2, 0.25) is 5.91 Å². The van der Waals surface area contributed by atoms with E-state index in [-0.39, 0.29) is 11.8 Å². The minimum atomic E-state index is -0.0486. The first-order chi connectivity index (χ1) is 13.7. The Morgan fingerprint density at radius 2 is 1.79 bits per heavy atom. The second-order valence-corrected chi connectivity index (χ2v) is 7.28. The second-order valence-electron chi connectivity index (χ2n) is 7.28. The number of anilines is 2. The molecule has 0 spiro atoms. The third-order valence-electron chi connectivity index (χ3n) is 5.16. The van der Waals surface area contributed by atoms with E-state index in [4.69, 9.17) is 0 Å². The van der Waals surface area contributed by atoms with Gasteiger partial charge in [-0.2, -0.15) is 0 Å². The van der Waals surface area contributed by atoms with Gasteiger partial charge >= 0.3 is 0 Å². The lowest BCUT2D eigenvalue weighted by molar-refractivity contribution is -0.120. The number of piperidine rings is 1. The first-order valence-corrected chi connectivity index (χ1v) is 9.71. The van der Waals surface area contributed by atoms with Crippen LogP contribution in [0, 0.1) is 12.8 Å². The van der Waals surface area contributed by atoms with Crippen molar-refractivity contribution in [2.45, 2.75) is 19.8 Å². The normalized spacial score (nSPS) is 16.6. The van der Waals surface area contributed by atoms with Gasteiger partial charge in [0, 0.05) is 24.3 Å². The lowest BCUT2D eigenvalue weighted by atomic mass is 9.97. The predicted molar refractivity (Wildman–Crippen MR) is 112 cm³/mol. The molecule has 5 heteroatoms. The molecule has 1 aliphatic heterocycles. The molecular formula is C23H24N4O. The summed E-state index contributed by atoms with van der Waals surface area (Å²) < 4.78 is 0.